The van der Waals surface area contributed by atoms with Gasteiger partial charge in [-0.05, 0) is 60.7 Å². The van der Waals surface area contributed by atoms with E-state index < -0.39 is 9.84 Å². The number of nitrogens with one attached hydrogen (secondary N) is 1. The smallest absolute Gasteiger partial charge is 0.322 e. The summed E-state index contributed by atoms with van der Waals surface area (Å²) < 4.78 is 29.9. The fourth-order valence-corrected chi connectivity index (χ4v) is 5.72. The van der Waals surface area contributed by atoms with Gasteiger partial charge < -0.3 is 15.0 Å². The zero-order valence-electron chi connectivity index (χ0n) is 21.6. The second-order valence-corrected chi connectivity index (χ2v) is 11.5. The van der Waals surface area contributed by atoms with Gasteiger partial charge in [0.25, 0.3) is 0 Å². The number of benzene rings is 2. The van der Waals surface area contributed by atoms with Gasteiger partial charge in [-0.15, -0.1) is 0 Å². The molecule has 1 aromatic heterocycles. The topological polar surface area (TPSA) is 91.8 Å². The maximum absolute atomic E-state index is 13.6. The summed E-state index contributed by atoms with van der Waals surface area (Å²) in [6.07, 6.45) is 6.30. The number of carbonyl (C=O) groups is 1. The van der Waals surface area contributed by atoms with Crippen molar-refractivity contribution >= 4 is 21.6 Å². The van der Waals surface area contributed by atoms with Crippen molar-refractivity contribution in [2.45, 2.75) is 43.8 Å². The highest BCUT2D eigenvalue weighted by Crippen LogP contribution is 2.28. The van der Waals surface area contributed by atoms with E-state index >= 15 is 0 Å². The lowest BCUT2D eigenvalue weighted by molar-refractivity contribution is 0.119. The third-order valence-corrected chi connectivity index (χ3v) is 7.89. The Balaban J connectivity index is 1.49. The average molecular weight is 523 g/mol. The third-order valence-electron chi connectivity index (χ3n) is 6.70. The van der Waals surface area contributed by atoms with E-state index in [0.29, 0.717) is 29.4 Å². The molecule has 0 unspecified atom stereocenters. The Labute approximate surface area is 219 Å². The highest BCUT2D eigenvalue weighted by molar-refractivity contribution is 7.90. The van der Waals surface area contributed by atoms with Crippen LogP contribution in [0.5, 0.6) is 5.75 Å². The minimum Gasteiger partial charge on any atom is -0.495 e. The number of hydrogen-bond donors (Lipinski definition) is 1. The molecule has 0 atom stereocenters. The van der Waals surface area contributed by atoms with Crippen LogP contribution in [0.2, 0.25) is 0 Å². The van der Waals surface area contributed by atoms with Gasteiger partial charge in [0.15, 0.2) is 9.84 Å². The van der Waals surface area contributed by atoms with Crippen LogP contribution >= 0.6 is 0 Å². The quantitative estimate of drug-likeness (QED) is 0.468. The molecule has 0 saturated carbocycles. The van der Waals surface area contributed by atoms with Crippen molar-refractivity contribution in [2.24, 2.45) is 0 Å². The summed E-state index contributed by atoms with van der Waals surface area (Å²) in [6, 6.07) is 16.5. The zero-order chi connectivity index (χ0) is 26.4. The summed E-state index contributed by atoms with van der Waals surface area (Å²) in [5.41, 5.74) is 3.43. The van der Waals surface area contributed by atoms with Gasteiger partial charge in [0.05, 0.1) is 17.7 Å². The van der Waals surface area contributed by atoms with Gasteiger partial charge in [-0.2, -0.15) is 0 Å². The number of carbonyl (C=O) groups excluding carboxylic acids is 1. The van der Waals surface area contributed by atoms with Crippen LogP contribution in [0.3, 0.4) is 0 Å². The van der Waals surface area contributed by atoms with Crippen LogP contribution in [0, 0.1) is 6.92 Å². The Bertz CT molecular complexity index is 1320. The molecular weight excluding hydrogens is 488 g/mol. The molecular formula is C28H34N4O4S. The second-order valence-electron chi connectivity index (χ2n) is 9.51. The Kier molecular flexibility index (Phi) is 8.45. The van der Waals surface area contributed by atoms with Crippen LogP contribution in [-0.4, -0.2) is 61.7 Å². The SMILES string of the molecule is COc1ccc(C)cc1NC(=O)N(Cc1cccnc1)C1CCN(Cc2ccccc2S(C)(=O)=O)CC1. The van der Waals surface area contributed by atoms with E-state index in [1.165, 1.54) is 6.26 Å². The van der Waals surface area contributed by atoms with Gasteiger partial charge in [-0.3, -0.25) is 9.88 Å². The number of piperidine rings is 1. The number of pyridine rings is 1. The molecule has 2 amide bonds. The number of rotatable bonds is 8. The van der Waals surface area contributed by atoms with E-state index in [-0.39, 0.29) is 12.1 Å². The minimum atomic E-state index is -3.30. The van der Waals surface area contributed by atoms with Crippen molar-refractivity contribution in [1.29, 1.82) is 0 Å². The largest absolute Gasteiger partial charge is 0.495 e. The Morgan fingerprint density at radius 1 is 1.14 bits per heavy atom. The predicted molar refractivity (Wildman–Crippen MR) is 144 cm³/mol. The van der Waals surface area contributed by atoms with E-state index in [0.717, 1.165) is 42.6 Å². The summed E-state index contributed by atoms with van der Waals surface area (Å²) in [5.74, 6) is 0.611. The lowest BCUT2D eigenvalue weighted by Gasteiger charge is -2.38. The number of amides is 2. The molecule has 0 spiro atoms. The Hall–Kier alpha value is -3.43. The first kappa shape index (κ1) is 26.6. The predicted octanol–water partition coefficient (Wildman–Crippen LogP) is 4.50. The summed E-state index contributed by atoms with van der Waals surface area (Å²) in [5, 5.41) is 3.06. The molecule has 2 heterocycles. The summed E-state index contributed by atoms with van der Waals surface area (Å²) in [6.45, 7) is 4.49. The first-order chi connectivity index (χ1) is 17.7. The van der Waals surface area contributed by atoms with Crippen molar-refractivity contribution < 1.29 is 17.9 Å². The number of sulfone groups is 1. The number of urea groups is 1. The molecule has 1 aliphatic heterocycles. The van der Waals surface area contributed by atoms with Crippen LogP contribution in [0.25, 0.3) is 0 Å². The first-order valence-corrected chi connectivity index (χ1v) is 14.2. The molecule has 0 bridgehead atoms. The number of aryl methyl sites for hydroxylation is 1. The minimum absolute atomic E-state index is 0.0254. The van der Waals surface area contributed by atoms with Crippen LogP contribution < -0.4 is 10.1 Å². The van der Waals surface area contributed by atoms with Gasteiger partial charge in [0.2, 0.25) is 0 Å². The molecule has 1 saturated heterocycles. The number of nitrogens with zero attached hydrogens (tertiary/aromatic N) is 3. The number of hydrogen-bond acceptors (Lipinski definition) is 6. The summed E-state index contributed by atoms with van der Waals surface area (Å²) in [4.78, 5) is 22.3. The van der Waals surface area contributed by atoms with Crippen LogP contribution in [0.15, 0.2) is 71.9 Å². The maximum atomic E-state index is 13.6. The van der Waals surface area contributed by atoms with Gasteiger partial charge >= 0.3 is 6.03 Å². The van der Waals surface area contributed by atoms with Crippen molar-refractivity contribution in [3.8, 4) is 5.75 Å². The molecule has 0 radical (unpaired) electrons. The van der Waals surface area contributed by atoms with Crippen LogP contribution in [-0.2, 0) is 22.9 Å². The fraction of sp³-hybridized carbons (Fsp3) is 0.357. The van der Waals surface area contributed by atoms with Gasteiger partial charge in [-0.25, -0.2) is 13.2 Å². The van der Waals surface area contributed by atoms with E-state index in [1.807, 2.05) is 54.3 Å². The normalized spacial score (nSPS) is 14.8. The standard InChI is InChI=1S/C28H34N4O4S/c1-21-10-11-26(36-2)25(17-21)30-28(33)32(19-22-7-6-14-29-18-22)24-12-15-31(16-13-24)20-23-8-4-5-9-27(23)37(3,34)35/h4-11,14,17-18,24H,12-13,15-16,19-20H2,1-3H3,(H,30,33). The van der Waals surface area contributed by atoms with E-state index in [9.17, 15) is 13.2 Å². The highest BCUT2D eigenvalue weighted by Gasteiger charge is 2.29. The molecule has 0 aliphatic carbocycles. The average Bonchev–Trinajstić information content (AvgIpc) is 2.88. The second kappa shape index (κ2) is 11.7. The van der Waals surface area contributed by atoms with Crippen molar-refractivity contribution in [1.82, 2.24) is 14.8 Å². The molecule has 1 N–H and O–H groups in total. The highest BCUT2D eigenvalue weighted by atomic mass is 32.2. The summed E-state index contributed by atoms with van der Waals surface area (Å²) in [7, 11) is -1.71. The van der Waals surface area contributed by atoms with Crippen molar-refractivity contribution in [3.63, 3.8) is 0 Å². The van der Waals surface area contributed by atoms with Gasteiger partial charge in [-0.1, -0.05) is 30.3 Å². The molecule has 196 valence electrons. The monoisotopic (exact) mass is 522 g/mol. The number of aromatic nitrogens is 1. The van der Waals surface area contributed by atoms with Crippen molar-refractivity contribution in [2.75, 3.05) is 31.8 Å². The van der Waals surface area contributed by atoms with Gasteiger partial charge in [0, 0.05) is 50.9 Å². The first-order valence-electron chi connectivity index (χ1n) is 12.4. The molecule has 9 heteroatoms. The Morgan fingerprint density at radius 2 is 1.89 bits per heavy atom. The fourth-order valence-electron chi connectivity index (χ4n) is 4.79. The van der Waals surface area contributed by atoms with Crippen LogP contribution in [0.1, 0.15) is 29.5 Å². The molecule has 8 nitrogen and oxygen atoms in total. The van der Waals surface area contributed by atoms with E-state index in [4.69, 9.17) is 4.74 Å². The third kappa shape index (κ3) is 6.87. The molecule has 2 aromatic carbocycles. The number of ether oxygens (including phenoxy) is 1. The van der Waals surface area contributed by atoms with Crippen LogP contribution in [0.4, 0.5) is 10.5 Å². The van der Waals surface area contributed by atoms with Gasteiger partial charge in [0.1, 0.15) is 5.75 Å². The molecule has 1 fully saturated rings. The lowest BCUT2D eigenvalue weighted by atomic mass is 10.0. The maximum Gasteiger partial charge on any atom is 0.322 e. The zero-order valence-corrected chi connectivity index (χ0v) is 22.4. The number of likely N-dealkylation sites (tertiary alicyclic amines) is 1. The lowest BCUT2D eigenvalue weighted by Crippen LogP contribution is -2.48. The molecule has 1 aliphatic rings. The number of methoxy groups -OCH3 is 1. The number of anilines is 1. The molecule has 37 heavy (non-hydrogen) atoms. The van der Waals surface area contributed by atoms with E-state index in [2.05, 4.69) is 15.2 Å². The Morgan fingerprint density at radius 3 is 2.57 bits per heavy atom. The summed E-state index contributed by atoms with van der Waals surface area (Å²) >= 11 is 0. The van der Waals surface area contributed by atoms with E-state index in [1.54, 1.807) is 31.6 Å². The molecule has 3 aromatic rings. The molecule has 4 rings (SSSR count). The van der Waals surface area contributed by atoms with Crippen molar-refractivity contribution in [3.05, 3.63) is 83.7 Å².